The third-order valence-corrected chi connectivity index (χ3v) is 2.81. The minimum absolute atomic E-state index is 0.0471. The maximum Gasteiger partial charge on any atom is 0.130 e. The van der Waals surface area contributed by atoms with Gasteiger partial charge in [0.1, 0.15) is 29.8 Å². The van der Waals surface area contributed by atoms with Crippen molar-refractivity contribution in [3.63, 3.8) is 0 Å². The second-order valence-corrected chi connectivity index (χ2v) is 4.38. The second kappa shape index (κ2) is 5.96. The zero-order valence-electron chi connectivity index (χ0n) is 10.7. The van der Waals surface area contributed by atoms with E-state index in [0.29, 0.717) is 0 Å². The van der Waals surface area contributed by atoms with Crippen LogP contribution in [0, 0.1) is 17.5 Å². The standard InChI is InChI=1S/C15H13F3O2/c1-9(19)13-7-12(17)3-5-15(13)20-8-10-6-11(16)2-4-14(10)18/h2-7,9,19H,8H2,1H3/t9-/m0/s1. The highest BCUT2D eigenvalue weighted by molar-refractivity contribution is 5.35. The molecular weight excluding hydrogens is 269 g/mol. The zero-order valence-corrected chi connectivity index (χ0v) is 10.7. The molecule has 0 aromatic heterocycles. The Morgan fingerprint density at radius 3 is 2.40 bits per heavy atom. The third kappa shape index (κ3) is 3.30. The number of hydrogen-bond acceptors (Lipinski definition) is 2. The van der Waals surface area contributed by atoms with Gasteiger partial charge in [-0.1, -0.05) is 0 Å². The van der Waals surface area contributed by atoms with Crippen molar-refractivity contribution in [2.45, 2.75) is 19.6 Å². The predicted octanol–water partition coefficient (Wildman–Crippen LogP) is 3.74. The van der Waals surface area contributed by atoms with Gasteiger partial charge < -0.3 is 9.84 Å². The lowest BCUT2D eigenvalue weighted by Gasteiger charge is -2.14. The maximum atomic E-state index is 13.4. The highest BCUT2D eigenvalue weighted by Crippen LogP contribution is 2.27. The summed E-state index contributed by atoms with van der Waals surface area (Å²) in [6, 6.07) is 6.70. The van der Waals surface area contributed by atoms with E-state index in [0.717, 1.165) is 24.3 Å². The van der Waals surface area contributed by atoms with Gasteiger partial charge in [0.15, 0.2) is 0 Å². The van der Waals surface area contributed by atoms with E-state index in [1.165, 1.54) is 19.1 Å². The number of hydrogen-bond donors (Lipinski definition) is 1. The summed E-state index contributed by atoms with van der Waals surface area (Å²) in [7, 11) is 0. The van der Waals surface area contributed by atoms with Gasteiger partial charge in [-0.25, -0.2) is 13.2 Å². The van der Waals surface area contributed by atoms with Crippen LogP contribution in [-0.2, 0) is 6.61 Å². The second-order valence-electron chi connectivity index (χ2n) is 4.38. The van der Waals surface area contributed by atoms with Crippen molar-refractivity contribution in [1.29, 1.82) is 0 Å². The molecule has 0 fully saturated rings. The van der Waals surface area contributed by atoms with Gasteiger partial charge in [0, 0.05) is 11.1 Å². The number of benzene rings is 2. The topological polar surface area (TPSA) is 29.5 Å². The molecule has 0 amide bonds. The molecule has 0 heterocycles. The summed E-state index contributed by atoms with van der Waals surface area (Å²) in [5, 5.41) is 9.54. The fourth-order valence-corrected chi connectivity index (χ4v) is 1.79. The van der Waals surface area contributed by atoms with Crippen LogP contribution in [0.2, 0.25) is 0 Å². The van der Waals surface area contributed by atoms with Gasteiger partial charge in [-0.15, -0.1) is 0 Å². The number of rotatable bonds is 4. The molecule has 5 heteroatoms. The number of halogens is 3. The van der Waals surface area contributed by atoms with Crippen molar-refractivity contribution >= 4 is 0 Å². The minimum Gasteiger partial charge on any atom is -0.488 e. The van der Waals surface area contributed by atoms with Crippen LogP contribution >= 0.6 is 0 Å². The molecule has 0 saturated heterocycles. The summed E-state index contributed by atoms with van der Waals surface area (Å²) in [5.41, 5.74) is 0.299. The first-order valence-corrected chi connectivity index (χ1v) is 6.01. The average molecular weight is 282 g/mol. The Morgan fingerprint density at radius 1 is 1.05 bits per heavy atom. The molecule has 0 aliphatic carbocycles. The van der Waals surface area contributed by atoms with Crippen molar-refractivity contribution in [3.05, 3.63) is 65.0 Å². The predicted molar refractivity (Wildman–Crippen MR) is 67.7 cm³/mol. The van der Waals surface area contributed by atoms with E-state index in [1.807, 2.05) is 0 Å². The van der Waals surface area contributed by atoms with E-state index in [1.54, 1.807) is 0 Å². The quantitative estimate of drug-likeness (QED) is 0.925. The van der Waals surface area contributed by atoms with Crippen LogP contribution < -0.4 is 4.74 Å². The number of aliphatic hydroxyl groups excluding tert-OH is 1. The van der Waals surface area contributed by atoms with Crippen LogP contribution in [-0.4, -0.2) is 5.11 Å². The van der Waals surface area contributed by atoms with Gasteiger partial charge >= 0.3 is 0 Å². The number of aliphatic hydroxyl groups is 1. The van der Waals surface area contributed by atoms with Crippen LogP contribution in [0.25, 0.3) is 0 Å². The Bertz CT molecular complexity index is 612. The van der Waals surface area contributed by atoms with Gasteiger partial charge in [-0.2, -0.15) is 0 Å². The monoisotopic (exact) mass is 282 g/mol. The third-order valence-electron chi connectivity index (χ3n) is 2.81. The summed E-state index contributed by atoms with van der Waals surface area (Å²) < 4.78 is 44.9. The summed E-state index contributed by atoms with van der Waals surface area (Å²) in [4.78, 5) is 0. The van der Waals surface area contributed by atoms with Gasteiger partial charge in [-0.05, 0) is 43.3 Å². The molecule has 0 unspecified atom stereocenters. The Hall–Kier alpha value is -2.01. The molecule has 20 heavy (non-hydrogen) atoms. The molecule has 0 spiro atoms. The first-order valence-electron chi connectivity index (χ1n) is 6.01. The largest absolute Gasteiger partial charge is 0.488 e. The highest BCUT2D eigenvalue weighted by atomic mass is 19.1. The van der Waals surface area contributed by atoms with Gasteiger partial charge in [0.2, 0.25) is 0 Å². The van der Waals surface area contributed by atoms with E-state index in [4.69, 9.17) is 4.74 Å². The van der Waals surface area contributed by atoms with Gasteiger partial charge in [0.25, 0.3) is 0 Å². The summed E-state index contributed by atoms with van der Waals surface area (Å²) in [6.45, 7) is 1.25. The first-order chi connectivity index (χ1) is 9.47. The van der Waals surface area contributed by atoms with E-state index in [9.17, 15) is 18.3 Å². The molecule has 2 aromatic carbocycles. The fourth-order valence-electron chi connectivity index (χ4n) is 1.79. The molecule has 1 N–H and O–H groups in total. The van der Waals surface area contributed by atoms with Gasteiger partial charge in [-0.3, -0.25) is 0 Å². The van der Waals surface area contributed by atoms with Crippen molar-refractivity contribution in [1.82, 2.24) is 0 Å². The Morgan fingerprint density at radius 2 is 1.70 bits per heavy atom. The van der Waals surface area contributed by atoms with Crippen LogP contribution in [0.1, 0.15) is 24.2 Å². The summed E-state index contributed by atoms with van der Waals surface area (Å²) >= 11 is 0. The van der Waals surface area contributed by atoms with Crippen molar-refractivity contribution in [2.24, 2.45) is 0 Å². The van der Waals surface area contributed by atoms with Crippen molar-refractivity contribution in [3.8, 4) is 5.75 Å². The first kappa shape index (κ1) is 14.4. The van der Waals surface area contributed by atoms with Crippen LogP contribution in [0.5, 0.6) is 5.75 Å². The lowest BCUT2D eigenvalue weighted by atomic mass is 10.1. The van der Waals surface area contributed by atoms with E-state index < -0.39 is 23.6 Å². The van der Waals surface area contributed by atoms with Crippen molar-refractivity contribution in [2.75, 3.05) is 0 Å². The molecule has 2 nitrogen and oxygen atoms in total. The number of ether oxygens (including phenoxy) is 1. The molecular formula is C15H13F3O2. The van der Waals surface area contributed by atoms with Crippen LogP contribution in [0.4, 0.5) is 13.2 Å². The molecule has 0 aliphatic heterocycles. The Balaban J connectivity index is 2.20. The zero-order chi connectivity index (χ0) is 14.7. The van der Waals surface area contributed by atoms with E-state index >= 15 is 0 Å². The summed E-state index contributed by atoms with van der Waals surface area (Å²) in [5.74, 6) is -1.44. The lowest BCUT2D eigenvalue weighted by Crippen LogP contribution is -2.03. The SMILES string of the molecule is C[C@H](O)c1cc(F)ccc1OCc1cc(F)ccc1F. The average Bonchev–Trinajstić information content (AvgIpc) is 2.40. The molecule has 1 atom stereocenters. The molecule has 106 valence electrons. The van der Waals surface area contributed by atoms with Crippen LogP contribution in [0.3, 0.4) is 0 Å². The normalized spacial score (nSPS) is 12.2. The molecule has 2 rings (SSSR count). The van der Waals surface area contributed by atoms with Crippen molar-refractivity contribution < 1.29 is 23.0 Å². The van der Waals surface area contributed by atoms with E-state index in [2.05, 4.69) is 0 Å². The smallest absolute Gasteiger partial charge is 0.130 e. The Kier molecular flexibility index (Phi) is 4.29. The highest BCUT2D eigenvalue weighted by Gasteiger charge is 2.12. The molecule has 2 aromatic rings. The molecule has 0 radical (unpaired) electrons. The fraction of sp³-hybridized carbons (Fsp3) is 0.200. The minimum atomic E-state index is -0.932. The molecule has 0 aliphatic rings. The molecule has 0 saturated carbocycles. The maximum absolute atomic E-state index is 13.4. The van der Waals surface area contributed by atoms with Gasteiger partial charge in [0.05, 0.1) is 6.10 Å². The van der Waals surface area contributed by atoms with E-state index in [-0.39, 0.29) is 23.5 Å². The Labute approximate surface area is 114 Å². The van der Waals surface area contributed by atoms with Crippen LogP contribution in [0.15, 0.2) is 36.4 Å². The molecule has 0 bridgehead atoms. The lowest BCUT2D eigenvalue weighted by molar-refractivity contribution is 0.189. The summed E-state index contributed by atoms with van der Waals surface area (Å²) in [6.07, 6.45) is -0.932.